The number of nitrogens with one attached hydrogen (secondary N) is 1. The van der Waals surface area contributed by atoms with E-state index >= 15 is 0 Å². The summed E-state index contributed by atoms with van der Waals surface area (Å²) in [5.41, 5.74) is 12.4. The van der Waals surface area contributed by atoms with E-state index in [0.29, 0.717) is 36.8 Å². The maximum absolute atomic E-state index is 12.8. The van der Waals surface area contributed by atoms with E-state index in [4.69, 9.17) is 11.5 Å². The van der Waals surface area contributed by atoms with E-state index in [0.717, 1.165) is 11.3 Å². The van der Waals surface area contributed by atoms with Crippen molar-refractivity contribution in [3.05, 3.63) is 45.8 Å². The maximum Gasteiger partial charge on any atom is 0.271 e. The predicted molar refractivity (Wildman–Crippen MR) is 107 cm³/mol. The van der Waals surface area contributed by atoms with Gasteiger partial charge in [-0.15, -0.1) is 11.3 Å². The molecule has 2 rings (SSSR count). The molecule has 0 aliphatic heterocycles. The van der Waals surface area contributed by atoms with Gasteiger partial charge < -0.3 is 11.5 Å². The van der Waals surface area contributed by atoms with Gasteiger partial charge in [-0.1, -0.05) is 32.8 Å². The van der Waals surface area contributed by atoms with Gasteiger partial charge in [-0.2, -0.15) is 0 Å². The fraction of sp³-hybridized carbons (Fsp3) is 0.333. The summed E-state index contributed by atoms with van der Waals surface area (Å²) in [5.74, 6) is -1.47. The number of benzene rings is 1. The van der Waals surface area contributed by atoms with Crippen LogP contribution < -0.4 is 16.2 Å². The molecule has 0 fully saturated rings. The number of primary amides is 2. The highest BCUT2D eigenvalue weighted by atomic mass is 32.2. The first kappa shape index (κ1) is 20.9. The number of carbonyl (C=O) groups excluding carboxylic acids is 2. The van der Waals surface area contributed by atoms with Crippen LogP contribution >= 0.6 is 11.3 Å². The Morgan fingerprint density at radius 1 is 1.04 bits per heavy atom. The molecule has 0 spiro atoms. The minimum Gasteiger partial charge on any atom is -0.366 e. The van der Waals surface area contributed by atoms with E-state index in [9.17, 15) is 18.0 Å². The van der Waals surface area contributed by atoms with Crippen molar-refractivity contribution in [2.24, 2.45) is 11.5 Å². The molecule has 146 valence electrons. The summed E-state index contributed by atoms with van der Waals surface area (Å²) in [5, 5.41) is 1.66. The Morgan fingerprint density at radius 2 is 1.56 bits per heavy atom. The molecular formula is C18H23N3O4S2. The fourth-order valence-electron chi connectivity index (χ4n) is 2.95. The third-order valence-electron chi connectivity index (χ3n) is 4.07. The minimum absolute atomic E-state index is 0.106. The van der Waals surface area contributed by atoms with Crippen LogP contribution in [0, 0.1) is 0 Å². The Kier molecular flexibility index (Phi) is 6.61. The third-order valence-corrected chi connectivity index (χ3v) is 6.82. The van der Waals surface area contributed by atoms with Gasteiger partial charge in [0.2, 0.25) is 11.8 Å². The molecule has 5 N–H and O–H groups in total. The molecular weight excluding hydrogens is 386 g/mol. The number of anilines is 1. The minimum atomic E-state index is -3.87. The second-order valence-corrected chi connectivity index (χ2v) is 8.93. The van der Waals surface area contributed by atoms with Crippen molar-refractivity contribution in [2.75, 3.05) is 4.72 Å². The van der Waals surface area contributed by atoms with Crippen LogP contribution in [0.15, 0.2) is 27.8 Å². The Labute approximate surface area is 162 Å². The molecule has 2 aromatic rings. The summed E-state index contributed by atoms with van der Waals surface area (Å²) in [6.45, 7) is 3.81. The van der Waals surface area contributed by atoms with Crippen molar-refractivity contribution in [1.29, 1.82) is 0 Å². The monoisotopic (exact) mass is 409 g/mol. The van der Waals surface area contributed by atoms with E-state index in [1.54, 1.807) is 11.4 Å². The van der Waals surface area contributed by atoms with Gasteiger partial charge in [0.1, 0.15) is 4.21 Å². The van der Waals surface area contributed by atoms with E-state index in [1.807, 2.05) is 13.8 Å². The predicted octanol–water partition coefficient (Wildman–Crippen LogP) is 2.65. The van der Waals surface area contributed by atoms with Gasteiger partial charge in [-0.3, -0.25) is 14.3 Å². The summed E-state index contributed by atoms with van der Waals surface area (Å²) >= 11 is 1.07. The third kappa shape index (κ3) is 4.48. The molecule has 0 bridgehead atoms. The number of hydrogen-bond acceptors (Lipinski definition) is 5. The average Bonchev–Trinajstić information content (AvgIpc) is 3.13. The summed E-state index contributed by atoms with van der Waals surface area (Å²) in [7, 11) is -3.87. The van der Waals surface area contributed by atoms with E-state index < -0.39 is 21.8 Å². The normalized spacial score (nSPS) is 11.3. The van der Waals surface area contributed by atoms with Gasteiger partial charge in [-0.05, 0) is 41.5 Å². The quantitative estimate of drug-likeness (QED) is 0.587. The molecule has 7 nitrogen and oxygen atoms in total. The van der Waals surface area contributed by atoms with Crippen LogP contribution in [0.1, 0.15) is 58.5 Å². The number of carbonyl (C=O) groups is 2. The molecule has 9 heteroatoms. The van der Waals surface area contributed by atoms with Crippen LogP contribution in [0.25, 0.3) is 0 Å². The summed E-state index contributed by atoms with van der Waals surface area (Å²) in [6.07, 6.45) is 2.18. The molecule has 27 heavy (non-hydrogen) atoms. The largest absolute Gasteiger partial charge is 0.366 e. The molecule has 0 aliphatic carbocycles. The first-order chi connectivity index (χ1) is 12.7. The van der Waals surface area contributed by atoms with Crippen molar-refractivity contribution in [1.82, 2.24) is 0 Å². The molecule has 1 heterocycles. The van der Waals surface area contributed by atoms with Gasteiger partial charge in [0, 0.05) is 11.1 Å². The topological polar surface area (TPSA) is 132 Å². The standard InChI is InChI=1S/C18H23N3O4S2/c1-3-6-11-13(17(19)22)10-14(18(20)23)12(7-4-2)16(11)21-27(24,25)15-8-5-9-26-15/h5,8-10,21H,3-4,6-7H2,1-2H3,(H2,19,22)(H2,20,23). The maximum atomic E-state index is 12.8. The van der Waals surface area contributed by atoms with Crippen LogP contribution in [0.5, 0.6) is 0 Å². The smallest absolute Gasteiger partial charge is 0.271 e. The second-order valence-electron chi connectivity index (χ2n) is 6.07. The van der Waals surface area contributed by atoms with Crippen molar-refractivity contribution in [3.8, 4) is 0 Å². The fourth-order valence-corrected chi connectivity index (χ4v) is 5.07. The van der Waals surface area contributed by atoms with Gasteiger partial charge in [0.15, 0.2) is 0 Å². The van der Waals surface area contributed by atoms with Crippen molar-refractivity contribution in [3.63, 3.8) is 0 Å². The van der Waals surface area contributed by atoms with Gasteiger partial charge in [0.25, 0.3) is 10.0 Å². The summed E-state index contributed by atoms with van der Waals surface area (Å²) in [6, 6.07) is 4.50. The lowest BCUT2D eigenvalue weighted by atomic mass is 9.90. The number of sulfonamides is 1. The van der Waals surface area contributed by atoms with Crippen LogP contribution in [-0.2, 0) is 22.9 Å². The zero-order valence-electron chi connectivity index (χ0n) is 15.2. The van der Waals surface area contributed by atoms with Crippen molar-refractivity contribution >= 4 is 38.9 Å². The Morgan fingerprint density at radius 3 is 1.93 bits per heavy atom. The number of amides is 2. The lowest BCUT2D eigenvalue weighted by Crippen LogP contribution is -2.23. The van der Waals surface area contributed by atoms with Crippen LogP contribution in [0.4, 0.5) is 5.69 Å². The molecule has 0 aliphatic rings. The zero-order chi connectivity index (χ0) is 20.2. The van der Waals surface area contributed by atoms with Crippen molar-refractivity contribution in [2.45, 2.75) is 43.7 Å². The number of rotatable bonds is 9. The van der Waals surface area contributed by atoms with E-state index in [-0.39, 0.29) is 21.0 Å². The van der Waals surface area contributed by atoms with E-state index in [2.05, 4.69) is 4.72 Å². The number of nitrogens with two attached hydrogens (primary N) is 2. The molecule has 0 atom stereocenters. The van der Waals surface area contributed by atoms with Gasteiger partial charge >= 0.3 is 0 Å². The highest BCUT2D eigenvalue weighted by Crippen LogP contribution is 2.33. The number of thiophene rings is 1. The second kappa shape index (κ2) is 8.53. The molecule has 0 unspecified atom stereocenters. The zero-order valence-corrected chi connectivity index (χ0v) is 16.9. The van der Waals surface area contributed by atoms with Crippen molar-refractivity contribution < 1.29 is 18.0 Å². The lowest BCUT2D eigenvalue weighted by molar-refractivity contribution is 0.0998. The highest BCUT2D eigenvalue weighted by Gasteiger charge is 2.26. The molecule has 1 aromatic heterocycles. The Hall–Kier alpha value is -2.39. The van der Waals surface area contributed by atoms with Crippen LogP contribution in [0.3, 0.4) is 0 Å². The molecule has 0 radical (unpaired) electrons. The number of hydrogen-bond donors (Lipinski definition) is 3. The van der Waals surface area contributed by atoms with Crippen LogP contribution in [0.2, 0.25) is 0 Å². The molecule has 2 amide bonds. The molecule has 0 saturated carbocycles. The van der Waals surface area contributed by atoms with Gasteiger partial charge in [0.05, 0.1) is 5.69 Å². The van der Waals surface area contributed by atoms with Gasteiger partial charge in [-0.25, -0.2) is 8.42 Å². The van der Waals surface area contributed by atoms with Crippen LogP contribution in [-0.4, -0.2) is 20.2 Å². The summed E-state index contributed by atoms with van der Waals surface area (Å²) < 4.78 is 28.3. The highest BCUT2D eigenvalue weighted by molar-refractivity contribution is 7.94. The molecule has 1 aromatic carbocycles. The first-order valence-electron chi connectivity index (χ1n) is 8.57. The Bertz CT molecular complexity index is 909. The summed E-state index contributed by atoms with van der Waals surface area (Å²) in [4.78, 5) is 24.0. The SMILES string of the molecule is CCCc1c(C(N)=O)cc(C(N)=O)c(CCC)c1NS(=O)(=O)c1cccs1. The average molecular weight is 410 g/mol. The Balaban J connectivity index is 2.80. The van der Waals surface area contributed by atoms with E-state index in [1.165, 1.54) is 12.1 Å². The molecule has 0 saturated heterocycles. The first-order valence-corrected chi connectivity index (χ1v) is 10.9. The lowest BCUT2D eigenvalue weighted by Gasteiger charge is -2.21.